The van der Waals surface area contributed by atoms with Crippen LogP contribution >= 0.6 is 0 Å². The largest absolute Gasteiger partial charge is 0.391 e. The van der Waals surface area contributed by atoms with E-state index in [9.17, 15) is 5.11 Å². The minimum Gasteiger partial charge on any atom is -0.391 e. The average molecular weight is 455 g/mol. The van der Waals surface area contributed by atoms with Gasteiger partial charge in [-0.05, 0) is 38.3 Å². The number of benzene rings is 2. The Morgan fingerprint density at radius 2 is 1.53 bits per heavy atom. The second-order valence-corrected chi connectivity index (χ2v) is 9.27. The van der Waals surface area contributed by atoms with Crippen LogP contribution in [0.1, 0.15) is 42.5 Å². The highest BCUT2D eigenvalue weighted by atomic mass is 16.3. The maximum atomic E-state index is 10.9. The first-order valence-electron chi connectivity index (χ1n) is 12.0. The lowest BCUT2D eigenvalue weighted by Gasteiger charge is -2.31. The summed E-state index contributed by atoms with van der Waals surface area (Å²) in [6, 6.07) is 16.7. The predicted molar refractivity (Wildman–Crippen MR) is 135 cm³/mol. The molecule has 0 saturated heterocycles. The number of aromatic nitrogens is 2. The third kappa shape index (κ3) is 4.89. The van der Waals surface area contributed by atoms with Gasteiger partial charge in [0.15, 0.2) is 0 Å². The fourth-order valence-corrected chi connectivity index (χ4v) is 4.49. The molecule has 2 aromatic carbocycles. The van der Waals surface area contributed by atoms with Crippen LogP contribution < -0.4 is 5.32 Å². The van der Waals surface area contributed by atoms with Gasteiger partial charge < -0.3 is 10.4 Å². The molecule has 0 spiro atoms. The van der Waals surface area contributed by atoms with Gasteiger partial charge in [0.2, 0.25) is 0 Å². The summed E-state index contributed by atoms with van der Waals surface area (Å²) in [7, 11) is 0. The van der Waals surface area contributed by atoms with Crippen molar-refractivity contribution >= 4 is 11.5 Å². The maximum absolute atomic E-state index is 10.9. The number of aliphatic hydroxyl groups excluding tert-OH is 1. The molecule has 0 radical (unpaired) electrons. The number of nitrogens with zero attached hydrogens (tertiary/aromatic N) is 5. The van der Waals surface area contributed by atoms with Crippen LogP contribution in [0.2, 0.25) is 0 Å². The zero-order chi connectivity index (χ0) is 23.5. The maximum Gasteiger partial charge on any atom is 0.148 e. The number of unbranched alkanes of at least 4 members (excludes halogenated alkanes) is 1. The molecule has 5 rings (SSSR count). The SMILES string of the molecule is Cc1ccc(-c2nc3c(nc2-c2ccc(C)cc2)NC(CCCCC2=NN=NC2)C(O)C3)cc1. The third-order valence-corrected chi connectivity index (χ3v) is 6.54. The highest BCUT2D eigenvalue weighted by molar-refractivity contribution is 5.87. The van der Waals surface area contributed by atoms with Crippen molar-refractivity contribution in [3.05, 3.63) is 65.4 Å². The number of aryl methyl sites for hydroxylation is 2. The van der Waals surface area contributed by atoms with E-state index in [-0.39, 0.29) is 6.04 Å². The summed E-state index contributed by atoms with van der Waals surface area (Å²) < 4.78 is 0. The Balaban J connectivity index is 1.40. The molecule has 2 aliphatic rings. The monoisotopic (exact) mass is 454 g/mol. The third-order valence-electron chi connectivity index (χ3n) is 6.54. The van der Waals surface area contributed by atoms with E-state index in [4.69, 9.17) is 9.97 Å². The van der Waals surface area contributed by atoms with Crippen LogP contribution in [0.3, 0.4) is 0 Å². The molecular weight excluding hydrogens is 424 g/mol. The molecule has 0 amide bonds. The molecule has 3 aromatic rings. The first-order valence-corrected chi connectivity index (χ1v) is 12.0. The summed E-state index contributed by atoms with van der Waals surface area (Å²) in [5.74, 6) is 0.777. The number of hydrogen-bond acceptors (Lipinski definition) is 7. The molecule has 0 aliphatic carbocycles. The Hall–Kier alpha value is -3.45. The van der Waals surface area contributed by atoms with E-state index in [0.717, 1.165) is 65.4 Å². The van der Waals surface area contributed by atoms with Crippen LogP contribution in [0, 0.1) is 13.8 Å². The fraction of sp³-hybridized carbons (Fsp3) is 0.370. The molecule has 2 atom stereocenters. The average Bonchev–Trinajstić information content (AvgIpc) is 3.36. The zero-order valence-electron chi connectivity index (χ0n) is 19.7. The Labute approximate surface area is 200 Å². The second-order valence-electron chi connectivity index (χ2n) is 9.27. The Kier molecular flexibility index (Phi) is 6.45. The van der Waals surface area contributed by atoms with Gasteiger partial charge in [-0.15, -0.1) is 5.10 Å². The van der Waals surface area contributed by atoms with Gasteiger partial charge in [-0.25, -0.2) is 9.97 Å². The van der Waals surface area contributed by atoms with E-state index in [1.165, 1.54) is 11.1 Å². The van der Waals surface area contributed by atoms with Crippen molar-refractivity contribution < 1.29 is 5.11 Å². The molecule has 0 bridgehead atoms. The number of fused-ring (bicyclic) bond motifs is 1. The van der Waals surface area contributed by atoms with Gasteiger partial charge >= 0.3 is 0 Å². The summed E-state index contributed by atoms with van der Waals surface area (Å²) in [6.45, 7) is 4.79. The summed E-state index contributed by atoms with van der Waals surface area (Å²) in [5.41, 5.74) is 8.04. The van der Waals surface area contributed by atoms with Crippen molar-refractivity contribution in [3.8, 4) is 22.5 Å². The van der Waals surface area contributed by atoms with E-state index < -0.39 is 6.10 Å². The molecule has 3 heterocycles. The molecular formula is C27H30N6O. The Morgan fingerprint density at radius 1 is 0.882 bits per heavy atom. The lowest BCUT2D eigenvalue weighted by atomic mass is 9.95. The molecule has 0 fully saturated rings. The molecule has 34 heavy (non-hydrogen) atoms. The van der Waals surface area contributed by atoms with Gasteiger partial charge in [-0.1, -0.05) is 66.1 Å². The van der Waals surface area contributed by atoms with Gasteiger partial charge in [-0.2, -0.15) is 5.11 Å². The van der Waals surface area contributed by atoms with Crippen LogP contribution in [-0.2, 0) is 6.42 Å². The molecule has 2 N–H and O–H groups in total. The van der Waals surface area contributed by atoms with Crippen molar-refractivity contribution in [2.24, 2.45) is 15.4 Å². The summed E-state index contributed by atoms with van der Waals surface area (Å²) in [6.07, 6.45) is 3.77. The molecule has 174 valence electrons. The van der Waals surface area contributed by atoms with E-state index >= 15 is 0 Å². The number of anilines is 1. The van der Waals surface area contributed by atoms with Gasteiger partial charge in [-0.3, -0.25) is 0 Å². The zero-order valence-corrected chi connectivity index (χ0v) is 19.7. The van der Waals surface area contributed by atoms with Crippen LogP contribution in [0.25, 0.3) is 22.5 Å². The first-order chi connectivity index (χ1) is 16.6. The fourth-order valence-electron chi connectivity index (χ4n) is 4.49. The Bertz CT molecular complexity index is 1220. The predicted octanol–water partition coefficient (Wildman–Crippen LogP) is 5.51. The summed E-state index contributed by atoms with van der Waals surface area (Å²) in [5, 5.41) is 26.0. The molecule has 0 saturated carbocycles. The van der Waals surface area contributed by atoms with Crippen LogP contribution in [0.4, 0.5) is 5.82 Å². The standard InChI is InChI=1S/C27H30N6O/c1-17-7-11-19(12-8-17)25-26(20-13-9-18(2)10-14-20)31-27-23(29-25)15-24(34)22(30-27)6-4-3-5-21-16-28-33-32-21/h7-14,22,24,34H,3-6,15-16H2,1-2H3,(H,30,31). The van der Waals surface area contributed by atoms with E-state index in [1.807, 2.05) is 0 Å². The van der Waals surface area contributed by atoms with E-state index in [0.29, 0.717) is 13.0 Å². The van der Waals surface area contributed by atoms with Crippen molar-refractivity contribution in [1.82, 2.24) is 9.97 Å². The van der Waals surface area contributed by atoms with Gasteiger partial charge in [0, 0.05) is 17.5 Å². The van der Waals surface area contributed by atoms with Gasteiger partial charge in [0.1, 0.15) is 12.4 Å². The normalized spacial score (nSPS) is 19.0. The lowest BCUT2D eigenvalue weighted by Crippen LogP contribution is -2.40. The lowest BCUT2D eigenvalue weighted by molar-refractivity contribution is 0.141. The highest BCUT2D eigenvalue weighted by Crippen LogP contribution is 2.34. The van der Waals surface area contributed by atoms with Crippen molar-refractivity contribution in [2.75, 3.05) is 11.9 Å². The smallest absolute Gasteiger partial charge is 0.148 e. The second kappa shape index (κ2) is 9.81. The van der Waals surface area contributed by atoms with Gasteiger partial charge in [0.05, 0.1) is 34.9 Å². The molecule has 1 aromatic heterocycles. The number of hydrogen-bond donors (Lipinski definition) is 2. The molecule has 2 unspecified atom stereocenters. The number of rotatable bonds is 7. The number of aliphatic hydroxyl groups is 1. The van der Waals surface area contributed by atoms with Crippen molar-refractivity contribution in [2.45, 2.75) is 58.1 Å². The quantitative estimate of drug-likeness (QED) is 0.460. The van der Waals surface area contributed by atoms with Crippen LogP contribution in [0.15, 0.2) is 64.0 Å². The number of nitrogens with one attached hydrogen (secondary N) is 1. The topological polar surface area (TPSA) is 95.1 Å². The molecule has 2 aliphatic heterocycles. The Morgan fingerprint density at radius 3 is 2.15 bits per heavy atom. The minimum absolute atomic E-state index is 0.0437. The summed E-state index contributed by atoms with van der Waals surface area (Å²) >= 11 is 0. The van der Waals surface area contributed by atoms with Crippen LogP contribution in [-0.4, -0.2) is 39.5 Å². The molecule has 7 heteroatoms. The highest BCUT2D eigenvalue weighted by Gasteiger charge is 2.29. The van der Waals surface area contributed by atoms with E-state index in [2.05, 4.69) is 83.1 Å². The summed E-state index contributed by atoms with van der Waals surface area (Å²) in [4.78, 5) is 10.1. The molecule has 7 nitrogen and oxygen atoms in total. The van der Waals surface area contributed by atoms with Gasteiger partial charge in [0.25, 0.3) is 0 Å². The van der Waals surface area contributed by atoms with Crippen LogP contribution in [0.5, 0.6) is 0 Å². The minimum atomic E-state index is -0.494. The van der Waals surface area contributed by atoms with Crippen molar-refractivity contribution in [3.63, 3.8) is 0 Å². The van der Waals surface area contributed by atoms with Crippen molar-refractivity contribution in [1.29, 1.82) is 0 Å². The first kappa shape index (κ1) is 22.3. The van der Waals surface area contributed by atoms with E-state index in [1.54, 1.807) is 0 Å².